The highest BCUT2D eigenvalue weighted by atomic mass is 35.5. The lowest BCUT2D eigenvalue weighted by molar-refractivity contribution is 0.281. The van der Waals surface area contributed by atoms with E-state index in [9.17, 15) is 0 Å². The van der Waals surface area contributed by atoms with Crippen molar-refractivity contribution in [3.05, 3.63) is 53.9 Å². The van der Waals surface area contributed by atoms with Crippen molar-refractivity contribution in [3.8, 4) is 5.75 Å². The summed E-state index contributed by atoms with van der Waals surface area (Å²) in [4.78, 5) is 8.49. The van der Waals surface area contributed by atoms with Crippen LogP contribution in [0.1, 0.15) is 24.1 Å². The minimum atomic E-state index is -0.177. The average molecular weight is 428 g/mol. The molecule has 1 aliphatic rings. The van der Waals surface area contributed by atoms with Gasteiger partial charge in [0.25, 0.3) is 0 Å². The fourth-order valence-electron chi connectivity index (χ4n) is 2.46. The Balaban J connectivity index is 0. The van der Waals surface area contributed by atoms with Gasteiger partial charge in [0.15, 0.2) is 6.10 Å². The molecule has 0 saturated heterocycles. The van der Waals surface area contributed by atoms with Gasteiger partial charge in [-0.25, -0.2) is 4.99 Å². The van der Waals surface area contributed by atoms with E-state index in [1.165, 1.54) is 0 Å². The topological polar surface area (TPSA) is 72.5 Å². The van der Waals surface area contributed by atoms with Crippen LogP contribution in [0.15, 0.2) is 47.7 Å². The Labute approximate surface area is 172 Å². The van der Waals surface area contributed by atoms with E-state index in [2.05, 4.69) is 15.3 Å². The molecule has 2 unspecified atom stereocenters. The van der Waals surface area contributed by atoms with Gasteiger partial charge in [-0.3, -0.25) is 4.98 Å². The molecular formula is C16H22Cl4N4O. The number of rotatable bonds is 3. The second-order valence-corrected chi connectivity index (χ2v) is 5.03. The summed E-state index contributed by atoms with van der Waals surface area (Å²) in [5, 5.41) is 3.31. The van der Waals surface area contributed by atoms with Crippen LogP contribution in [0.5, 0.6) is 5.75 Å². The SMILES string of the molecule is CNC(c1ccncc1)c1ccc2c(c1)N=C(N)C(C)O2.Cl.Cl.Cl.Cl. The number of hydrogen-bond donors (Lipinski definition) is 2. The summed E-state index contributed by atoms with van der Waals surface area (Å²) in [5.74, 6) is 1.27. The molecule has 0 spiro atoms. The Hall–Kier alpha value is -1.24. The zero-order chi connectivity index (χ0) is 14.8. The maximum atomic E-state index is 5.86. The predicted molar refractivity (Wildman–Crippen MR) is 112 cm³/mol. The second-order valence-electron chi connectivity index (χ2n) is 5.03. The summed E-state index contributed by atoms with van der Waals surface area (Å²) in [6, 6.07) is 10.1. The molecule has 0 radical (unpaired) electrons. The number of nitrogens with one attached hydrogen (secondary N) is 1. The normalized spacial score (nSPS) is 15.4. The van der Waals surface area contributed by atoms with Crippen molar-refractivity contribution in [1.29, 1.82) is 0 Å². The lowest BCUT2D eigenvalue weighted by atomic mass is 9.99. The van der Waals surface area contributed by atoms with E-state index in [-0.39, 0.29) is 61.8 Å². The summed E-state index contributed by atoms with van der Waals surface area (Å²) in [6.45, 7) is 1.89. The van der Waals surface area contributed by atoms with Crippen molar-refractivity contribution in [1.82, 2.24) is 10.3 Å². The molecule has 2 heterocycles. The Morgan fingerprint density at radius 1 is 1.04 bits per heavy atom. The number of nitrogens with two attached hydrogens (primary N) is 1. The van der Waals surface area contributed by atoms with Crippen LogP contribution in [0.4, 0.5) is 5.69 Å². The van der Waals surface area contributed by atoms with Crippen molar-refractivity contribution in [3.63, 3.8) is 0 Å². The Bertz CT molecular complexity index is 685. The minimum Gasteiger partial charge on any atom is -0.481 e. The van der Waals surface area contributed by atoms with Crippen molar-refractivity contribution in [2.45, 2.75) is 19.1 Å². The number of amidine groups is 1. The van der Waals surface area contributed by atoms with Crippen molar-refractivity contribution < 1.29 is 4.74 Å². The van der Waals surface area contributed by atoms with Gasteiger partial charge in [0.2, 0.25) is 0 Å². The average Bonchev–Trinajstić information content (AvgIpc) is 2.50. The fourth-order valence-corrected chi connectivity index (χ4v) is 2.46. The van der Waals surface area contributed by atoms with Crippen LogP contribution in [0.25, 0.3) is 0 Å². The summed E-state index contributed by atoms with van der Waals surface area (Å²) in [5.41, 5.74) is 8.90. The van der Waals surface area contributed by atoms with Crippen molar-refractivity contribution in [2.75, 3.05) is 7.05 Å². The van der Waals surface area contributed by atoms with E-state index < -0.39 is 0 Å². The van der Waals surface area contributed by atoms with E-state index in [1.54, 1.807) is 12.4 Å². The summed E-state index contributed by atoms with van der Waals surface area (Å²) in [6.07, 6.45) is 3.40. The number of nitrogens with zero attached hydrogens (tertiary/aromatic N) is 2. The van der Waals surface area contributed by atoms with Crippen LogP contribution in [0.2, 0.25) is 0 Å². The molecule has 1 aromatic heterocycles. The zero-order valence-corrected chi connectivity index (χ0v) is 17.0. The van der Waals surface area contributed by atoms with Crippen molar-refractivity contribution in [2.24, 2.45) is 10.7 Å². The van der Waals surface area contributed by atoms with Crippen LogP contribution >= 0.6 is 49.6 Å². The van der Waals surface area contributed by atoms with Gasteiger partial charge < -0.3 is 15.8 Å². The van der Waals surface area contributed by atoms with Gasteiger partial charge in [-0.1, -0.05) is 6.07 Å². The van der Waals surface area contributed by atoms with E-state index in [1.807, 2.05) is 44.3 Å². The van der Waals surface area contributed by atoms with Crippen LogP contribution in [0, 0.1) is 0 Å². The summed E-state index contributed by atoms with van der Waals surface area (Å²) < 4.78 is 5.73. The van der Waals surface area contributed by atoms with Gasteiger partial charge in [-0.2, -0.15) is 0 Å². The maximum absolute atomic E-state index is 5.86. The monoisotopic (exact) mass is 426 g/mol. The highest BCUT2D eigenvalue weighted by molar-refractivity contribution is 5.89. The third-order valence-corrected chi connectivity index (χ3v) is 3.61. The molecule has 0 saturated carbocycles. The van der Waals surface area contributed by atoms with Gasteiger partial charge in [-0.05, 0) is 49.4 Å². The quantitative estimate of drug-likeness (QED) is 0.780. The van der Waals surface area contributed by atoms with E-state index in [0.717, 1.165) is 22.6 Å². The number of hydrogen-bond acceptors (Lipinski definition) is 5. The highest BCUT2D eigenvalue weighted by Crippen LogP contribution is 2.35. The molecule has 2 atom stereocenters. The van der Waals surface area contributed by atoms with Gasteiger partial charge in [-0.15, -0.1) is 49.6 Å². The Kier molecular flexibility index (Phi) is 11.8. The third-order valence-electron chi connectivity index (χ3n) is 3.61. The van der Waals surface area contributed by atoms with Gasteiger partial charge in [0.05, 0.1) is 6.04 Å². The number of benzene rings is 1. The van der Waals surface area contributed by atoms with Gasteiger partial charge in [0.1, 0.15) is 17.3 Å². The lowest BCUT2D eigenvalue weighted by Crippen LogP contribution is -2.33. The molecule has 25 heavy (non-hydrogen) atoms. The number of fused-ring (bicyclic) bond motifs is 1. The molecule has 0 amide bonds. The molecule has 1 aliphatic heterocycles. The molecule has 3 N–H and O–H groups in total. The van der Waals surface area contributed by atoms with E-state index in [0.29, 0.717) is 5.84 Å². The molecule has 140 valence electrons. The summed E-state index contributed by atoms with van der Waals surface area (Å²) in [7, 11) is 1.93. The van der Waals surface area contributed by atoms with Crippen molar-refractivity contribution >= 4 is 61.2 Å². The third kappa shape index (κ3) is 5.62. The number of aromatic nitrogens is 1. The van der Waals surface area contributed by atoms with Gasteiger partial charge >= 0.3 is 0 Å². The first-order chi connectivity index (χ1) is 10.2. The Morgan fingerprint density at radius 2 is 1.68 bits per heavy atom. The number of halogens is 4. The first-order valence-electron chi connectivity index (χ1n) is 6.91. The fraction of sp³-hybridized carbons (Fsp3) is 0.250. The molecular weight excluding hydrogens is 406 g/mol. The molecule has 0 bridgehead atoms. The molecule has 1 aromatic carbocycles. The smallest absolute Gasteiger partial charge is 0.153 e. The standard InChI is InChI=1S/C16H18N4O.4ClH/c1-10-16(17)20-13-9-12(3-4-14(13)21-10)15(18-2)11-5-7-19-8-6-11;;;;/h3-10,15,18H,1-2H3,(H2,17,20);4*1H. The molecule has 3 rings (SSSR count). The van der Waals surface area contributed by atoms with Gasteiger partial charge in [0, 0.05) is 12.4 Å². The first-order valence-corrected chi connectivity index (χ1v) is 6.91. The van der Waals surface area contributed by atoms with E-state index >= 15 is 0 Å². The molecule has 9 heteroatoms. The minimum absolute atomic E-state index is 0. The second kappa shape index (κ2) is 11.4. The van der Waals surface area contributed by atoms with E-state index in [4.69, 9.17) is 10.5 Å². The number of ether oxygens (including phenoxy) is 1. The first kappa shape index (κ1) is 26.0. The highest BCUT2D eigenvalue weighted by Gasteiger charge is 2.20. The lowest BCUT2D eigenvalue weighted by Gasteiger charge is -2.23. The predicted octanol–water partition coefficient (Wildman–Crippen LogP) is 3.85. The van der Waals surface area contributed by atoms with Crippen LogP contribution < -0.4 is 15.8 Å². The largest absolute Gasteiger partial charge is 0.481 e. The molecule has 0 fully saturated rings. The van der Waals surface area contributed by atoms with Crippen LogP contribution in [-0.4, -0.2) is 24.0 Å². The maximum Gasteiger partial charge on any atom is 0.153 e. The zero-order valence-electron chi connectivity index (χ0n) is 13.7. The van der Waals surface area contributed by atoms with Crippen LogP contribution in [-0.2, 0) is 0 Å². The van der Waals surface area contributed by atoms with Crippen LogP contribution in [0.3, 0.4) is 0 Å². The Morgan fingerprint density at radius 3 is 2.28 bits per heavy atom. The number of aliphatic imine (C=N–C) groups is 1. The number of pyridine rings is 1. The molecule has 0 aliphatic carbocycles. The molecule has 5 nitrogen and oxygen atoms in total. The molecule has 2 aromatic rings. The summed E-state index contributed by atoms with van der Waals surface area (Å²) >= 11 is 0.